The van der Waals surface area contributed by atoms with Gasteiger partial charge in [-0.3, -0.25) is 9.69 Å². The first-order valence-electron chi connectivity index (χ1n) is 9.55. The molecule has 2 aromatic carbocycles. The number of thiophene rings is 1. The third-order valence-corrected chi connectivity index (χ3v) is 6.32. The number of carbonyl (C=O) groups is 1. The maximum absolute atomic E-state index is 13.2. The fourth-order valence-electron chi connectivity index (χ4n) is 3.79. The van der Waals surface area contributed by atoms with Gasteiger partial charge in [-0.1, -0.05) is 42.5 Å². The fraction of sp³-hybridized carbons (Fsp3) is 0.261. The average molecular weight is 395 g/mol. The molecular formula is C23H23FN2OS. The summed E-state index contributed by atoms with van der Waals surface area (Å²) in [6.45, 7) is 4.03. The molecule has 3 aromatic rings. The molecule has 2 heterocycles. The topological polar surface area (TPSA) is 32.3 Å². The van der Waals surface area contributed by atoms with Crippen molar-refractivity contribution in [2.45, 2.75) is 25.4 Å². The van der Waals surface area contributed by atoms with E-state index >= 15 is 0 Å². The first-order valence-corrected chi connectivity index (χ1v) is 10.4. The summed E-state index contributed by atoms with van der Waals surface area (Å²) in [7, 11) is 0. The van der Waals surface area contributed by atoms with Gasteiger partial charge in [-0.2, -0.15) is 0 Å². The second-order valence-electron chi connectivity index (χ2n) is 7.21. The Morgan fingerprint density at radius 3 is 2.64 bits per heavy atom. The Hall–Kier alpha value is -2.50. The van der Waals surface area contributed by atoms with E-state index in [1.54, 1.807) is 12.1 Å². The zero-order valence-corrected chi connectivity index (χ0v) is 16.6. The van der Waals surface area contributed by atoms with Crippen LogP contribution < -0.4 is 5.32 Å². The van der Waals surface area contributed by atoms with Crippen LogP contribution in [-0.2, 0) is 0 Å². The summed E-state index contributed by atoms with van der Waals surface area (Å²) in [6.07, 6.45) is 0.945. The van der Waals surface area contributed by atoms with E-state index in [9.17, 15) is 9.18 Å². The fourth-order valence-corrected chi connectivity index (χ4v) is 4.61. The van der Waals surface area contributed by atoms with E-state index < -0.39 is 0 Å². The van der Waals surface area contributed by atoms with Crippen molar-refractivity contribution >= 4 is 17.2 Å². The van der Waals surface area contributed by atoms with Crippen LogP contribution in [0.4, 0.5) is 4.39 Å². The summed E-state index contributed by atoms with van der Waals surface area (Å²) < 4.78 is 13.2. The highest BCUT2D eigenvalue weighted by molar-refractivity contribution is 7.12. The summed E-state index contributed by atoms with van der Waals surface area (Å²) in [5.74, 6) is -0.322. The van der Waals surface area contributed by atoms with Crippen molar-refractivity contribution in [2.24, 2.45) is 0 Å². The highest BCUT2D eigenvalue weighted by atomic mass is 32.1. The molecule has 0 saturated carbocycles. The molecule has 1 aliphatic heterocycles. The molecule has 0 unspecified atom stereocenters. The molecule has 1 N–H and O–H groups in total. The number of amides is 1. The Balaban J connectivity index is 1.41. The Labute approximate surface area is 168 Å². The Kier molecular flexibility index (Phi) is 5.55. The van der Waals surface area contributed by atoms with E-state index in [2.05, 4.69) is 41.4 Å². The van der Waals surface area contributed by atoms with Gasteiger partial charge in [-0.15, -0.1) is 11.3 Å². The van der Waals surface area contributed by atoms with E-state index in [0.717, 1.165) is 30.6 Å². The van der Waals surface area contributed by atoms with Crippen molar-refractivity contribution in [3.8, 4) is 11.1 Å². The van der Waals surface area contributed by atoms with Crippen molar-refractivity contribution in [3.05, 3.63) is 82.3 Å². The standard InChI is InChI=1S/C23H23FN2OS/c1-16(17-5-3-2-4-6-17)26-13-11-20(15-26)25-23(27)22-21(12-14-28-22)18-7-9-19(24)10-8-18/h2-10,12,14,16,20H,11,13,15H2,1H3,(H,25,27)/t16-,20+/m0/s1. The van der Waals surface area contributed by atoms with Crippen LogP contribution in [0, 0.1) is 5.82 Å². The third kappa shape index (κ3) is 4.01. The lowest BCUT2D eigenvalue weighted by Gasteiger charge is -2.24. The zero-order valence-electron chi connectivity index (χ0n) is 15.8. The van der Waals surface area contributed by atoms with Gasteiger partial charge in [0.25, 0.3) is 5.91 Å². The van der Waals surface area contributed by atoms with Gasteiger partial charge in [0, 0.05) is 30.7 Å². The Bertz CT molecular complexity index is 939. The third-order valence-electron chi connectivity index (χ3n) is 5.41. The molecule has 1 aromatic heterocycles. The number of rotatable bonds is 5. The quantitative estimate of drug-likeness (QED) is 0.651. The van der Waals surface area contributed by atoms with Crippen LogP contribution in [0.25, 0.3) is 11.1 Å². The maximum atomic E-state index is 13.2. The van der Waals surface area contributed by atoms with Gasteiger partial charge >= 0.3 is 0 Å². The minimum absolute atomic E-state index is 0.0476. The van der Waals surface area contributed by atoms with E-state index in [-0.39, 0.29) is 17.8 Å². The number of hydrogen-bond acceptors (Lipinski definition) is 3. The molecule has 1 amide bonds. The van der Waals surface area contributed by atoms with Gasteiger partial charge in [-0.25, -0.2) is 4.39 Å². The van der Waals surface area contributed by atoms with Crippen LogP contribution in [0.1, 0.15) is 34.6 Å². The van der Waals surface area contributed by atoms with Gasteiger partial charge in [-0.05, 0) is 48.1 Å². The molecule has 5 heteroatoms. The first kappa shape index (κ1) is 18.8. The number of likely N-dealkylation sites (tertiary alicyclic amines) is 1. The number of hydrogen-bond donors (Lipinski definition) is 1. The highest BCUT2D eigenvalue weighted by Gasteiger charge is 2.28. The molecule has 2 atom stereocenters. The Morgan fingerprint density at radius 1 is 1.14 bits per heavy atom. The van der Waals surface area contributed by atoms with E-state index in [1.165, 1.54) is 29.0 Å². The largest absolute Gasteiger partial charge is 0.347 e. The summed E-state index contributed by atoms with van der Waals surface area (Å²) in [6, 6.07) is 19.1. The highest BCUT2D eigenvalue weighted by Crippen LogP contribution is 2.29. The summed E-state index contributed by atoms with van der Waals surface area (Å²) in [4.78, 5) is 16.0. The summed E-state index contributed by atoms with van der Waals surface area (Å²) >= 11 is 1.42. The van der Waals surface area contributed by atoms with Crippen LogP contribution in [-0.4, -0.2) is 29.9 Å². The molecule has 0 aliphatic carbocycles. The molecule has 0 radical (unpaired) electrons. The van der Waals surface area contributed by atoms with Gasteiger partial charge in [0.2, 0.25) is 0 Å². The average Bonchev–Trinajstić information content (AvgIpc) is 3.38. The minimum Gasteiger partial charge on any atom is -0.347 e. The molecule has 0 spiro atoms. The number of nitrogens with zero attached hydrogens (tertiary/aromatic N) is 1. The lowest BCUT2D eigenvalue weighted by Crippen LogP contribution is -2.37. The maximum Gasteiger partial charge on any atom is 0.262 e. The lowest BCUT2D eigenvalue weighted by molar-refractivity contribution is 0.0941. The molecule has 144 valence electrons. The molecule has 28 heavy (non-hydrogen) atoms. The van der Waals surface area contributed by atoms with Crippen molar-refractivity contribution in [1.82, 2.24) is 10.2 Å². The second-order valence-corrected chi connectivity index (χ2v) is 8.13. The predicted molar refractivity (Wildman–Crippen MR) is 112 cm³/mol. The van der Waals surface area contributed by atoms with Crippen molar-refractivity contribution in [2.75, 3.05) is 13.1 Å². The van der Waals surface area contributed by atoms with Gasteiger partial charge in [0.05, 0.1) is 4.88 Å². The summed E-state index contributed by atoms with van der Waals surface area (Å²) in [5, 5.41) is 5.10. The molecular weight excluding hydrogens is 371 g/mol. The number of nitrogens with one attached hydrogen (secondary N) is 1. The minimum atomic E-state index is -0.274. The van der Waals surface area contributed by atoms with Crippen molar-refractivity contribution < 1.29 is 9.18 Å². The van der Waals surface area contributed by atoms with Crippen LogP contribution in [0.2, 0.25) is 0 Å². The van der Waals surface area contributed by atoms with Gasteiger partial charge < -0.3 is 5.32 Å². The van der Waals surface area contributed by atoms with Crippen molar-refractivity contribution in [1.29, 1.82) is 0 Å². The monoisotopic (exact) mass is 394 g/mol. The second kappa shape index (κ2) is 8.25. The number of halogens is 1. The summed E-state index contributed by atoms with van der Waals surface area (Å²) in [5.41, 5.74) is 3.01. The van der Waals surface area contributed by atoms with Crippen LogP contribution in [0.5, 0.6) is 0 Å². The molecule has 3 nitrogen and oxygen atoms in total. The number of carbonyl (C=O) groups excluding carboxylic acids is 1. The van der Waals surface area contributed by atoms with Crippen molar-refractivity contribution in [3.63, 3.8) is 0 Å². The zero-order chi connectivity index (χ0) is 19.5. The normalized spacial score (nSPS) is 18.1. The smallest absolute Gasteiger partial charge is 0.262 e. The van der Waals surface area contributed by atoms with Crippen LogP contribution in [0.15, 0.2) is 66.0 Å². The van der Waals surface area contributed by atoms with Crippen LogP contribution in [0.3, 0.4) is 0 Å². The van der Waals surface area contributed by atoms with Gasteiger partial charge in [0.1, 0.15) is 5.82 Å². The van der Waals surface area contributed by atoms with E-state index in [4.69, 9.17) is 0 Å². The Morgan fingerprint density at radius 2 is 1.89 bits per heavy atom. The molecule has 1 aliphatic rings. The lowest BCUT2D eigenvalue weighted by atomic mass is 10.1. The van der Waals surface area contributed by atoms with Crippen LogP contribution >= 0.6 is 11.3 Å². The molecule has 0 bridgehead atoms. The van der Waals surface area contributed by atoms with E-state index in [0.29, 0.717) is 10.9 Å². The van der Waals surface area contributed by atoms with Gasteiger partial charge in [0.15, 0.2) is 0 Å². The molecule has 1 saturated heterocycles. The SMILES string of the molecule is C[C@@H](c1ccccc1)N1CC[C@@H](NC(=O)c2sccc2-c2ccc(F)cc2)C1. The molecule has 1 fully saturated rings. The number of benzene rings is 2. The molecule has 4 rings (SSSR count). The van der Waals surface area contributed by atoms with E-state index in [1.807, 2.05) is 17.5 Å². The first-order chi connectivity index (χ1) is 13.6. The predicted octanol–water partition coefficient (Wildman–Crippen LogP) is 5.12.